The Morgan fingerprint density at radius 1 is 1.19 bits per heavy atom. The van der Waals surface area contributed by atoms with E-state index in [1.54, 1.807) is 25.3 Å². The Balaban J connectivity index is 1.62. The first-order chi connectivity index (χ1) is 10.2. The number of rotatable bonds is 4. The summed E-state index contributed by atoms with van der Waals surface area (Å²) in [6.07, 6.45) is 1.97. The van der Waals surface area contributed by atoms with E-state index in [0.29, 0.717) is 11.6 Å². The Hall–Kier alpha value is -1.74. The van der Waals surface area contributed by atoms with E-state index in [2.05, 4.69) is 17.4 Å². The van der Waals surface area contributed by atoms with Gasteiger partial charge in [-0.05, 0) is 48.6 Å². The molecule has 4 heteroatoms. The molecule has 1 N–H and O–H groups in total. The predicted octanol–water partition coefficient (Wildman–Crippen LogP) is 4.85. The topological polar surface area (TPSA) is 21.3 Å². The lowest BCUT2D eigenvalue weighted by Crippen LogP contribution is -2.34. The fraction of sp³-hybridized carbons (Fsp3) is 0.294. The van der Waals surface area contributed by atoms with Gasteiger partial charge < -0.3 is 10.1 Å². The van der Waals surface area contributed by atoms with Crippen molar-refractivity contribution >= 4 is 17.3 Å². The first-order valence-corrected chi connectivity index (χ1v) is 7.39. The first-order valence-electron chi connectivity index (χ1n) is 7.02. The molecule has 0 bridgehead atoms. The molecule has 0 atom stereocenters. The minimum Gasteiger partial charge on any atom is -0.497 e. The van der Waals surface area contributed by atoms with Gasteiger partial charge in [-0.2, -0.15) is 0 Å². The van der Waals surface area contributed by atoms with Gasteiger partial charge in [0.1, 0.15) is 5.75 Å². The first kappa shape index (κ1) is 14.2. The Kier molecular flexibility index (Phi) is 4.02. The Morgan fingerprint density at radius 3 is 2.71 bits per heavy atom. The quantitative estimate of drug-likeness (QED) is 0.872. The maximum atomic E-state index is 13.8. The molecule has 2 aromatic rings. The van der Waals surface area contributed by atoms with Gasteiger partial charge in [0.2, 0.25) is 0 Å². The van der Waals surface area contributed by atoms with Gasteiger partial charge in [0.05, 0.1) is 17.8 Å². The normalized spacial score (nSPS) is 20.7. The van der Waals surface area contributed by atoms with Crippen LogP contribution in [0.3, 0.4) is 0 Å². The van der Waals surface area contributed by atoms with E-state index in [1.807, 2.05) is 12.1 Å². The molecule has 2 aromatic carbocycles. The number of benzene rings is 2. The summed E-state index contributed by atoms with van der Waals surface area (Å²) in [5.74, 6) is 1.01. The highest BCUT2D eigenvalue weighted by molar-refractivity contribution is 6.31. The summed E-state index contributed by atoms with van der Waals surface area (Å²) in [6, 6.07) is 13.5. The van der Waals surface area contributed by atoms with Gasteiger partial charge in [-0.3, -0.25) is 0 Å². The second-order valence-electron chi connectivity index (χ2n) is 5.39. The summed E-state index contributed by atoms with van der Waals surface area (Å²) >= 11 is 5.79. The van der Waals surface area contributed by atoms with E-state index in [4.69, 9.17) is 16.3 Å². The van der Waals surface area contributed by atoms with Crippen molar-refractivity contribution in [1.82, 2.24) is 0 Å². The molecule has 3 rings (SSSR count). The zero-order chi connectivity index (χ0) is 14.8. The largest absolute Gasteiger partial charge is 0.497 e. The molecule has 0 heterocycles. The van der Waals surface area contributed by atoms with E-state index >= 15 is 0 Å². The van der Waals surface area contributed by atoms with E-state index in [0.717, 1.165) is 18.6 Å². The number of ether oxygens (including phenoxy) is 1. The molecular formula is C17H17ClFNO. The Labute approximate surface area is 128 Å². The molecular weight excluding hydrogens is 289 g/mol. The summed E-state index contributed by atoms with van der Waals surface area (Å²) < 4.78 is 19.1. The van der Waals surface area contributed by atoms with E-state index in [-0.39, 0.29) is 16.9 Å². The van der Waals surface area contributed by atoms with Gasteiger partial charge in [-0.15, -0.1) is 0 Å². The van der Waals surface area contributed by atoms with Crippen molar-refractivity contribution in [3.8, 4) is 5.75 Å². The highest BCUT2D eigenvalue weighted by Crippen LogP contribution is 2.40. The summed E-state index contributed by atoms with van der Waals surface area (Å²) in [5.41, 5.74) is 1.76. The lowest BCUT2D eigenvalue weighted by Gasteiger charge is -2.37. The number of halogens is 2. The van der Waals surface area contributed by atoms with Crippen LogP contribution >= 0.6 is 11.6 Å². The average molecular weight is 306 g/mol. The molecule has 1 saturated carbocycles. The molecule has 0 saturated heterocycles. The second-order valence-corrected chi connectivity index (χ2v) is 5.79. The van der Waals surface area contributed by atoms with E-state index in [9.17, 15) is 4.39 Å². The van der Waals surface area contributed by atoms with Crippen LogP contribution in [0, 0.1) is 5.82 Å². The fourth-order valence-electron chi connectivity index (χ4n) is 2.74. The van der Waals surface area contributed by atoms with Crippen LogP contribution in [-0.2, 0) is 0 Å². The Bertz CT molecular complexity index is 640. The summed E-state index contributed by atoms with van der Waals surface area (Å²) in [7, 11) is 1.67. The third-order valence-corrected chi connectivity index (χ3v) is 4.31. The van der Waals surface area contributed by atoms with Gasteiger partial charge in [-0.1, -0.05) is 29.8 Å². The molecule has 0 unspecified atom stereocenters. The maximum absolute atomic E-state index is 13.8. The SMILES string of the molecule is COc1cccc(C2CC(Nc3cccc(Cl)c3F)C2)c1. The number of hydrogen-bond acceptors (Lipinski definition) is 2. The lowest BCUT2D eigenvalue weighted by atomic mass is 9.75. The molecule has 0 amide bonds. The fourth-order valence-corrected chi connectivity index (χ4v) is 2.91. The van der Waals surface area contributed by atoms with Gasteiger partial charge in [0.25, 0.3) is 0 Å². The maximum Gasteiger partial charge on any atom is 0.164 e. The van der Waals surface area contributed by atoms with Crippen molar-refractivity contribution in [2.24, 2.45) is 0 Å². The molecule has 0 aromatic heterocycles. The molecule has 21 heavy (non-hydrogen) atoms. The zero-order valence-electron chi connectivity index (χ0n) is 11.8. The number of hydrogen-bond donors (Lipinski definition) is 1. The van der Waals surface area contributed by atoms with Crippen LogP contribution in [0.15, 0.2) is 42.5 Å². The van der Waals surface area contributed by atoms with Crippen LogP contribution in [0.1, 0.15) is 24.3 Å². The van der Waals surface area contributed by atoms with Gasteiger partial charge >= 0.3 is 0 Å². The van der Waals surface area contributed by atoms with Crippen molar-refractivity contribution in [3.05, 3.63) is 58.9 Å². The molecule has 1 aliphatic carbocycles. The molecule has 2 nitrogen and oxygen atoms in total. The average Bonchev–Trinajstić information content (AvgIpc) is 2.46. The van der Waals surface area contributed by atoms with Crippen molar-refractivity contribution in [2.75, 3.05) is 12.4 Å². The Morgan fingerprint density at radius 2 is 1.95 bits per heavy atom. The van der Waals surface area contributed by atoms with Crippen molar-refractivity contribution < 1.29 is 9.13 Å². The van der Waals surface area contributed by atoms with Crippen LogP contribution in [0.25, 0.3) is 0 Å². The molecule has 0 spiro atoms. The van der Waals surface area contributed by atoms with Crippen LogP contribution in [0.4, 0.5) is 10.1 Å². The van der Waals surface area contributed by atoms with Crippen LogP contribution in [0.5, 0.6) is 5.75 Å². The summed E-state index contributed by atoms with van der Waals surface area (Å²) in [5, 5.41) is 3.38. The summed E-state index contributed by atoms with van der Waals surface area (Å²) in [6.45, 7) is 0. The summed E-state index contributed by atoms with van der Waals surface area (Å²) in [4.78, 5) is 0. The third-order valence-electron chi connectivity index (χ3n) is 4.01. The second kappa shape index (κ2) is 5.94. The lowest BCUT2D eigenvalue weighted by molar-refractivity contribution is 0.369. The highest BCUT2D eigenvalue weighted by atomic mass is 35.5. The van der Waals surface area contributed by atoms with E-state index < -0.39 is 0 Å². The molecule has 110 valence electrons. The van der Waals surface area contributed by atoms with Gasteiger partial charge in [0, 0.05) is 6.04 Å². The minimum absolute atomic E-state index is 0.156. The monoisotopic (exact) mass is 305 g/mol. The zero-order valence-corrected chi connectivity index (χ0v) is 12.5. The third kappa shape index (κ3) is 2.98. The van der Waals surface area contributed by atoms with Crippen molar-refractivity contribution in [2.45, 2.75) is 24.8 Å². The molecule has 1 fully saturated rings. The predicted molar refractivity (Wildman–Crippen MR) is 83.8 cm³/mol. The number of methoxy groups -OCH3 is 1. The van der Waals surface area contributed by atoms with Gasteiger partial charge in [-0.25, -0.2) is 4.39 Å². The number of nitrogens with one attached hydrogen (secondary N) is 1. The van der Waals surface area contributed by atoms with Crippen LogP contribution in [0.2, 0.25) is 5.02 Å². The van der Waals surface area contributed by atoms with Crippen LogP contribution in [-0.4, -0.2) is 13.2 Å². The minimum atomic E-state index is -0.371. The molecule has 0 radical (unpaired) electrons. The van der Waals surface area contributed by atoms with E-state index in [1.165, 1.54) is 5.56 Å². The van der Waals surface area contributed by atoms with Crippen molar-refractivity contribution in [3.63, 3.8) is 0 Å². The smallest absolute Gasteiger partial charge is 0.164 e. The highest BCUT2D eigenvalue weighted by Gasteiger charge is 2.31. The van der Waals surface area contributed by atoms with Gasteiger partial charge in [0.15, 0.2) is 5.82 Å². The van der Waals surface area contributed by atoms with Crippen molar-refractivity contribution in [1.29, 1.82) is 0 Å². The molecule has 1 aliphatic rings. The molecule has 0 aliphatic heterocycles. The number of anilines is 1. The van der Waals surface area contributed by atoms with Crippen LogP contribution < -0.4 is 10.1 Å². The standard InChI is InChI=1S/C17H17ClFNO/c1-21-14-5-2-4-11(10-14)12-8-13(9-12)20-16-7-3-6-15(18)17(16)19/h2-7,10,12-13,20H,8-9H2,1H3.